The molecule has 2 heterocycles. The fraction of sp³-hybridized carbons (Fsp3) is 0.250. The van der Waals surface area contributed by atoms with E-state index in [2.05, 4.69) is 28.5 Å². The van der Waals surface area contributed by atoms with Crippen LogP contribution in [0.15, 0.2) is 42.5 Å². The first-order valence-corrected chi connectivity index (χ1v) is 8.45. The molecular formula is C20H21N3O2. The minimum Gasteiger partial charge on any atom is -0.495 e. The van der Waals surface area contributed by atoms with Gasteiger partial charge in [0.2, 0.25) is 0 Å². The van der Waals surface area contributed by atoms with E-state index in [0.717, 1.165) is 23.2 Å². The molecule has 0 bridgehead atoms. The van der Waals surface area contributed by atoms with Gasteiger partial charge < -0.3 is 19.9 Å². The van der Waals surface area contributed by atoms with Gasteiger partial charge in [0.25, 0.3) is 0 Å². The number of nitrogens with one attached hydrogen (secondary N) is 2. The van der Waals surface area contributed by atoms with Gasteiger partial charge in [0.15, 0.2) is 0 Å². The van der Waals surface area contributed by atoms with Crippen LogP contribution < -0.4 is 10.1 Å². The van der Waals surface area contributed by atoms with Crippen LogP contribution in [0.4, 0.5) is 10.5 Å². The Bertz CT molecular complexity index is 945. The smallest absolute Gasteiger partial charge is 0.322 e. The van der Waals surface area contributed by atoms with Crippen LogP contribution in [0, 0.1) is 6.92 Å². The molecule has 5 nitrogen and oxygen atoms in total. The maximum absolute atomic E-state index is 12.7. The lowest BCUT2D eigenvalue weighted by Gasteiger charge is -2.27. The number of H-pyrrole nitrogens is 1. The van der Waals surface area contributed by atoms with Crippen LogP contribution in [0.5, 0.6) is 5.75 Å². The van der Waals surface area contributed by atoms with Gasteiger partial charge in [-0.3, -0.25) is 0 Å². The van der Waals surface area contributed by atoms with Crippen molar-refractivity contribution in [3.8, 4) is 5.75 Å². The number of methoxy groups -OCH3 is 1. The van der Waals surface area contributed by atoms with E-state index in [1.54, 1.807) is 7.11 Å². The number of aryl methyl sites for hydroxylation is 1. The van der Waals surface area contributed by atoms with E-state index in [0.29, 0.717) is 24.5 Å². The number of urea groups is 1. The number of aromatic nitrogens is 1. The zero-order valence-electron chi connectivity index (χ0n) is 14.4. The van der Waals surface area contributed by atoms with Gasteiger partial charge in [0.05, 0.1) is 19.3 Å². The lowest BCUT2D eigenvalue weighted by atomic mass is 10.0. The predicted octanol–water partition coefficient (Wildman–Crippen LogP) is 4.08. The highest BCUT2D eigenvalue weighted by Crippen LogP contribution is 2.29. The molecule has 0 saturated heterocycles. The molecule has 0 fully saturated rings. The van der Waals surface area contributed by atoms with Crippen molar-refractivity contribution < 1.29 is 9.53 Å². The predicted molar refractivity (Wildman–Crippen MR) is 99.2 cm³/mol. The summed E-state index contributed by atoms with van der Waals surface area (Å²) in [5, 5.41) is 4.25. The molecule has 0 atom stereocenters. The minimum absolute atomic E-state index is 0.104. The van der Waals surface area contributed by atoms with Crippen molar-refractivity contribution in [3.05, 3.63) is 59.3 Å². The summed E-state index contributed by atoms with van der Waals surface area (Å²) in [4.78, 5) is 18.0. The number of rotatable bonds is 2. The van der Waals surface area contributed by atoms with Crippen LogP contribution in [0.2, 0.25) is 0 Å². The van der Waals surface area contributed by atoms with Crippen molar-refractivity contribution in [2.24, 2.45) is 0 Å². The van der Waals surface area contributed by atoms with Crippen LogP contribution in [0.25, 0.3) is 10.9 Å². The molecule has 2 N–H and O–H groups in total. The molecule has 0 radical (unpaired) electrons. The second-order valence-electron chi connectivity index (χ2n) is 6.43. The number of carbonyl (C=O) groups excluding carboxylic acids is 1. The molecule has 128 valence electrons. The number of carbonyl (C=O) groups is 1. The highest BCUT2D eigenvalue weighted by molar-refractivity contribution is 5.92. The maximum atomic E-state index is 12.7. The second-order valence-corrected chi connectivity index (χ2v) is 6.43. The Kier molecular flexibility index (Phi) is 3.84. The zero-order valence-corrected chi connectivity index (χ0v) is 14.4. The van der Waals surface area contributed by atoms with Crippen molar-refractivity contribution in [2.75, 3.05) is 19.0 Å². The SMILES string of the molecule is COc1ccc(C)cc1NC(=O)N1CCc2c([nH]c3ccccc23)C1. The third-order valence-corrected chi connectivity index (χ3v) is 4.77. The van der Waals surface area contributed by atoms with E-state index in [9.17, 15) is 4.79 Å². The molecule has 1 aliphatic heterocycles. The molecular weight excluding hydrogens is 314 g/mol. The van der Waals surface area contributed by atoms with Gasteiger partial charge in [0, 0.05) is 23.1 Å². The Morgan fingerprint density at radius 3 is 2.92 bits per heavy atom. The molecule has 0 spiro atoms. The summed E-state index contributed by atoms with van der Waals surface area (Å²) in [6.45, 7) is 3.28. The molecule has 5 heteroatoms. The molecule has 1 aromatic heterocycles. The standard InChI is InChI=1S/C20H21N3O2/c1-13-7-8-19(25-2)17(11-13)22-20(24)23-10-9-15-14-5-3-4-6-16(14)21-18(15)12-23/h3-8,11,21H,9-10,12H2,1-2H3,(H,22,24). The first-order valence-electron chi connectivity index (χ1n) is 8.45. The number of hydrogen-bond donors (Lipinski definition) is 2. The van der Waals surface area contributed by atoms with Gasteiger partial charge in [-0.2, -0.15) is 0 Å². The summed E-state index contributed by atoms with van der Waals surface area (Å²) >= 11 is 0. The number of amides is 2. The number of aromatic amines is 1. The average molecular weight is 335 g/mol. The Labute approximate surface area is 146 Å². The summed E-state index contributed by atoms with van der Waals surface area (Å²) in [7, 11) is 1.61. The fourth-order valence-electron chi connectivity index (χ4n) is 3.48. The average Bonchev–Trinajstić information content (AvgIpc) is 2.99. The number of benzene rings is 2. The lowest BCUT2D eigenvalue weighted by Crippen LogP contribution is -2.38. The number of para-hydroxylation sites is 1. The first kappa shape index (κ1) is 15.6. The normalized spacial score (nSPS) is 13.6. The quantitative estimate of drug-likeness (QED) is 0.741. The number of fused-ring (bicyclic) bond motifs is 3. The largest absolute Gasteiger partial charge is 0.495 e. The Morgan fingerprint density at radius 2 is 2.08 bits per heavy atom. The molecule has 2 aromatic carbocycles. The van der Waals surface area contributed by atoms with E-state index in [1.165, 1.54) is 10.9 Å². The highest BCUT2D eigenvalue weighted by Gasteiger charge is 2.24. The summed E-state index contributed by atoms with van der Waals surface area (Å²) < 4.78 is 5.35. The van der Waals surface area contributed by atoms with E-state index in [1.807, 2.05) is 36.1 Å². The first-order chi connectivity index (χ1) is 12.2. The summed E-state index contributed by atoms with van der Waals surface area (Å²) in [5.41, 5.74) is 5.37. The Morgan fingerprint density at radius 1 is 1.24 bits per heavy atom. The van der Waals surface area contributed by atoms with E-state index in [-0.39, 0.29) is 6.03 Å². The van der Waals surface area contributed by atoms with E-state index < -0.39 is 0 Å². The molecule has 3 aromatic rings. The van der Waals surface area contributed by atoms with Gasteiger partial charge in [-0.1, -0.05) is 24.3 Å². The van der Waals surface area contributed by atoms with Gasteiger partial charge >= 0.3 is 6.03 Å². The van der Waals surface area contributed by atoms with Gasteiger partial charge in [0.1, 0.15) is 5.75 Å². The van der Waals surface area contributed by atoms with Gasteiger partial charge in [-0.25, -0.2) is 4.79 Å². The van der Waals surface area contributed by atoms with Crippen molar-refractivity contribution in [3.63, 3.8) is 0 Å². The van der Waals surface area contributed by atoms with Gasteiger partial charge in [-0.05, 0) is 42.7 Å². The maximum Gasteiger partial charge on any atom is 0.322 e. The molecule has 4 rings (SSSR count). The summed E-state index contributed by atoms with van der Waals surface area (Å²) in [6, 6.07) is 14.0. The molecule has 2 amide bonds. The topological polar surface area (TPSA) is 57.4 Å². The van der Waals surface area contributed by atoms with Gasteiger partial charge in [-0.15, -0.1) is 0 Å². The number of nitrogens with zero attached hydrogens (tertiary/aromatic N) is 1. The highest BCUT2D eigenvalue weighted by atomic mass is 16.5. The van der Waals surface area contributed by atoms with Crippen molar-refractivity contribution in [1.82, 2.24) is 9.88 Å². The van der Waals surface area contributed by atoms with Crippen LogP contribution in [-0.2, 0) is 13.0 Å². The summed E-state index contributed by atoms with van der Waals surface area (Å²) in [6.07, 6.45) is 0.859. The molecule has 0 unspecified atom stereocenters. The Balaban J connectivity index is 1.55. The fourth-order valence-corrected chi connectivity index (χ4v) is 3.48. The third kappa shape index (κ3) is 2.82. The molecule has 0 saturated carbocycles. The van der Waals surface area contributed by atoms with E-state index in [4.69, 9.17) is 4.74 Å². The number of ether oxygens (including phenoxy) is 1. The number of anilines is 1. The van der Waals surface area contributed by atoms with Crippen LogP contribution in [0.3, 0.4) is 0 Å². The molecule has 25 heavy (non-hydrogen) atoms. The van der Waals surface area contributed by atoms with E-state index >= 15 is 0 Å². The lowest BCUT2D eigenvalue weighted by molar-refractivity contribution is 0.205. The zero-order chi connectivity index (χ0) is 17.4. The van der Waals surface area contributed by atoms with Crippen LogP contribution in [0.1, 0.15) is 16.8 Å². The minimum atomic E-state index is -0.104. The van der Waals surface area contributed by atoms with Crippen molar-refractivity contribution in [1.29, 1.82) is 0 Å². The summed E-state index contributed by atoms with van der Waals surface area (Å²) in [5.74, 6) is 0.669. The van der Waals surface area contributed by atoms with Crippen LogP contribution in [-0.4, -0.2) is 29.6 Å². The van der Waals surface area contributed by atoms with Crippen molar-refractivity contribution in [2.45, 2.75) is 19.9 Å². The Hall–Kier alpha value is -2.95. The van der Waals surface area contributed by atoms with Crippen molar-refractivity contribution >= 4 is 22.6 Å². The van der Waals surface area contributed by atoms with Crippen LogP contribution >= 0.6 is 0 Å². The second kappa shape index (κ2) is 6.16. The monoisotopic (exact) mass is 335 g/mol. The number of hydrogen-bond acceptors (Lipinski definition) is 2. The third-order valence-electron chi connectivity index (χ3n) is 4.77. The molecule has 0 aliphatic carbocycles. The molecule has 1 aliphatic rings.